The molecule has 2 aromatic heterocycles. The van der Waals surface area contributed by atoms with Gasteiger partial charge in [0.25, 0.3) is 0 Å². The number of hydrogen-bond donors (Lipinski definition) is 0. The molecule has 0 fully saturated rings. The van der Waals surface area contributed by atoms with E-state index in [2.05, 4.69) is 9.97 Å². The molecular weight excluding hydrogens is 227 g/mol. The Balaban J connectivity index is 0.000000289. The highest BCUT2D eigenvalue weighted by atomic mass is 19.1. The second kappa shape index (κ2) is 10.4. The second-order valence-electron chi connectivity index (χ2n) is 3.28. The van der Waals surface area contributed by atoms with E-state index in [-0.39, 0.29) is 0 Å². The van der Waals surface area contributed by atoms with Crippen molar-refractivity contribution in [3.8, 4) is 0 Å². The van der Waals surface area contributed by atoms with Crippen LogP contribution < -0.4 is 0 Å². The Morgan fingerprint density at radius 2 is 1.78 bits per heavy atom. The van der Waals surface area contributed by atoms with Crippen LogP contribution in [0, 0.1) is 12.9 Å². The van der Waals surface area contributed by atoms with Gasteiger partial charge in [0.2, 0.25) is 5.95 Å². The average molecular weight is 248 g/mol. The molecule has 0 bridgehead atoms. The molecule has 2 aromatic rings. The van der Waals surface area contributed by atoms with Crippen LogP contribution in [0.2, 0.25) is 0 Å². The third kappa shape index (κ3) is 7.49. The third-order valence-corrected chi connectivity index (χ3v) is 1.95. The van der Waals surface area contributed by atoms with E-state index in [4.69, 9.17) is 0 Å². The molecule has 2 rings (SSSR count). The Kier molecular flexibility index (Phi) is 9.37. The minimum atomic E-state index is -0.394. The fraction of sp³-hybridized carbons (Fsp3) is 0.333. The van der Waals surface area contributed by atoms with E-state index < -0.39 is 5.95 Å². The minimum absolute atomic E-state index is 0.394. The molecule has 0 aliphatic carbocycles. The lowest BCUT2D eigenvalue weighted by Crippen LogP contribution is -1.87. The fourth-order valence-electron chi connectivity index (χ4n) is 1.10. The van der Waals surface area contributed by atoms with E-state index >= 15 is 0 Å². The SMILES string of the molecule is CC.CCc1cccc(F)n1.Cc1ccccn1. The molecule has 0 spiro atoms. The maximum Gasteiger partial charge on any atom is 0.213 e. The summed E-state index contributed by atoms with van der Waals surface area (Å²) in [6.07, 6.45) is 2.58. The summed E-state index contributed by atoms with van der Waals surface area (Å²) in [4.78, 5) is 7.60. The van der Waals surface area contributed by atoms with Crippen LogP contribution in [-0.4, -0.2) is 9.97 Å². The number of aromatic nitrogens is 2. The summed E-state index contributed by atoms with van der Waals surface area (Å²) in [5.41, 5.74) is 1.87. The summed E-state index contributed by atoms with van der Waals surface area (Å²) in [7, 11) is 0. The van der Waals surface area contributed by atoms with Gasteiger partial charge in [-0.25, -0.2) is 4.98 Å². The van der Waals surface area contributed by atoms with Crippen LogP contribution in [0.15, 0.2) is 42.6 Å². The van der Waals surface area contributed by atoms with Gasteiger partial charge in [-0.1, -0.05) is 32.9 Å². The highest BCUT2D eigenvalue weighted by molar-refractivity contribution is 5.03. The van der Waals surface area contributed by atoms with Gasteiger partial charge in [-0.05, 0) is 37.6 Å². The van der Waals surface area contributed by atoms with Crippen molar-refractivity contribution in [1.29, 1.82) is 0 Å². The van der Waals surface area contributed by atoms with Crippen LogP contribution in [0.5, 0.6) is 0 Å². The lowest BCUT2D eigenvalue weighted by Gasteiger charge is -1.91. The molecule has 0 saturated heterocycles. The first-order chi connectivity index (χ1) is 8.72. The van der Waals surface area contributed by atoms with Gasteiger partial charge in [0.15, 0.2) is 0 Å². The lowest BCUT2D eigenvalue weighted by molar-refractivity contribution is 0.577. The van der Waals surface area contributed by atoms with Crippen LogP contribution in [0.4, 0.5) is 4.39 Å². The van der Waals surface area contributed by atoms with Crippen molar-refractivity contribution in [3.05, 3.63) is 59.9 Å². The number of aryl methyl sites for hydroxylation is 2. The van der Waals surface area contributed by atoms with Gasteiger partial charge in [0.05, 0.1) is 0 Å². The Hall–Kier alpha value is -1.77. The highest BCUT2D eigenvalue weighted by Crippen LogP contribution is 1.96. The highest BCUT2D eigenvalue weighted by Gasteiger charge is 1.90. The number of halogens is 1. The van der Waals surface area contributed by atoms with Crippen molar-refractivity contribution in [2.45, 2.75) is 34.1 Å². The monoisotopic (exact) mass is 248 g/mol. The zero-order valence-electron chi connectivity index (χ0n) is 11.5. The number of nitrogens with zero attached hydrogens (tertiary/aromatic N) is 2. The van der Waals surface area contributed by atoms with E-state index in [0.29, 0.717) is 0 Å². The average Bonchev–Trinajstić information content (AvgIpc) is 2.42. The summed E-state index contributed by atoms with van der Waals surface area (Å²) in [5, 5.41) is 0. The van der Waals surface area contributed by atoms with Crippen LogP contribution >= 0.6 is 0 Å². The third-order valence-electron chi connectivity index (χ3n) is 1.95. The molecule has 0 atom stereocenters. The Morgan fingerprint density at radius 3 is 2.11 bits per heavy atom. The zero-order chi connectivity index (χ0) is 13.8. The fourth-order valence-corrected chi connectivity index (χ4v) is 1.10. The summed E-state index contributed by atoms with van der Waals surface area (Å²) in [6.45, 7) is 7.92. The Bertz CT molecular complexity index is 416. The van der Waals surface area contributed by atoms with Crippen molar-refractivity contribution in [2.75, 3.05) is 0 Å². The molecule has 0 unspecified atom stereocenters. The van der Waals surface area contributed by atoms with E-state index in [1.165, 1.54) is 6.07 Å². The van der Waals surface area contributed by atoms with Crippen molar-refractivity contribution in [1.82, 2.24) is 9.97 Å². The molecule has 0 aliphatic rings. The summed E-state index contributed by atoms with van der Waals surface area (Å²) >= 11 is 0. The molecule has 3 heteroatoms. The molecule has 18 heavy (non-hydrogen) atoms. The van der Waals surface area contributed by atoms with Gasteiger partial charge < -0.3 is 0 Å². The summed E-state index contributed by atoms with van der Waals surface area (Å²) < 4.78 is 12.2. The molecule has 98 valence electrons. The van der Waals surface area contributed by atoms with Gasteiger partial charge in [0.1, 0.15) is 0 Å². The summed E-state index contributed by atoms with van der Waals surface area (Å²) in [5.74, 6) is -0.394. The van der Waals surface area contributed by atoms with Gasteiger partial charge >= 0.3 is 0 Å². The minimum Gasteiger partial charge on any atom is -0.262 e. The first-order valence-electron chi connectivity index (χ1n) is 6.21. The molecular formula is C15H21FN2. The molecule has 0 aliphatic heterocycles. The van der Waals surface area contributed by atoms with Crippen molar-refractivity contribution < 1.29 is 4.39 Å². The maximum atomic E-state index is 12.2. The van der Waals surface area contributed by atoms with Crippen molar-refractivity contribution in [3.63, 3.8) is 0 Å². The van der Waals surface area contributed by atoms with Crippen molar-refractivity contribution in [2.24, 2.45) is 0 Å². The summed E-state index contributed by atoms with van der Waals surface area (Å²) in [6, 6.07) is 10.7. The molecule has 0 amide bonds. The Morgan fingerprint density at radius 1 is 1.06 bits per heavy atom. The molecule has 0 radical (unpaired) electrons. The van der Waals surface area contributed by atoms with E-state index in [9.17, 15) is 4.39 Å². The standard InChI is InChI=1S/C7H8FN.C6H7N.C2H6/c1-2-6-4-3-5-7(8)9-6;1-6-4-2-3-5-7-6;1-2/h3-5H,2H2,1H3;2-5H,1H3;1-2H3. The van der Waals surface area contributed by atoms with Crippen LogP contribution in [0.1, 0.15) is 32.2 Å². The number of rotatable bonds is 1. The van der Waals surface area contributed by atoms with E-state index in [0.717, 1.165) is 17.8 Å². The van der Waals surface area contributed by atoms with Gasteiger partial charge in [-0.15, -0.1) is 0 Å². The number of hydrogen-bond acceptors (Lipinski definition) is 2. The quantitative estimate of drug-likeness (QED) is 0.707. The molecule has 2 heterocycles. The molecule has 0 saturated carbocycles. The molecule has 0 aromatic carbocycles. The Labute approximate surface area is 109 Å². The molecule has 0 N–H and O–H groups in total. The van der Waals surface area contributed by atoms with E-state index in [1.807, 2.05) is 52.0 Å². The maximum absolute atomic E-state index is 12.2. The van der Waals surface area contributed by atoms with Gasteiger partial charge in [0, 0.05) is 17.6 Å². The molecule has 2 nitrogen and oxygen atoms in total. The first-order valence-corrected chi connectivity index (χ1v) is 6.21. The van der Waals surface area contributed by atoms with E-state index in [1.54, 1.807) is 12.3 Å². The van der Waals surface area contributed by atoms with Gasteiger partial charge in [-0.2, -0.15) is 4.39 Å². The predicted molar refractivity (Wildman–Crippen MR) is 73.9 cm³/mol. The smallest absolute Gasteiger partial charge is 0.213 e. The van der Waals surface area contributed by atoms with Crippen LogP contribution in [0.3, 0.4) is 0 Å². The van der Waals surface area contributed by atoms with Crippen molar-refractivity contribution >= 4 is 0 Å². The normalized spacial score (nSPS) is 8.50. The second-order valence-corrected chi connectivity index (χ2v) is 3.28. The van der Waals surface area contributed by atoms with Crippen LogP contribution in [-0.2, 0) is 6.42 Å². The topological polar surface area (TPSA) is 25.8 Å². The zero-order valence-corrected chi connectivity index (χ0v) is 11.5. The lowest BCUT2D eigenvalue weighted by atomic mass is 10.3. The first kappa shape index (κ1) is 16.2. The number of pyridine rings is 2. The predicted octanol–water partition coefficient (Wildman–Crippen LogP) is 4.20. The van der Waals surface area contributed by atoms with Gasteiger partial charge in [-0.3, -0.25) is 4.98 Å². The van der Waals surface area contributed by atoms with Crippen LogP contribution in [0.25, 0.3) is 0 Å². The largest absolute Gasteiger partial charge is 0.262 e.